The molecule has 1 aliphatic heterocycles. The molecule has 1 heterocycles. The Labute approximate surface area is 93.1 Å². The van der Waals surface area contributed by atoms with Crippen LogP contribution in [0, 0.1) is 5.82 Å². The molecule has 16 heavy (non-hydrogen) atoms. The minimum Gasteiger partial charge on any atom is -0.496 e. The van der Waals surface area contributed by atoms with Crippen LogP contribution in [0.15, 0.2) is 18.2 Å². The molecule has 0 aromatic heterocycles. The Morgan fingerprint density at radius 2 is 2.12 bits per heavy atom. The SMILES string of the molecule is COc1cccc(F)c1C1(CN)OCCO1. The van der Waals surface area contributed by atoms with E-state index in [-0.39, 0.29) is 12.1 Å². The summed E-state index contributed by atoms with van der Waals surface area (Å²) in [6.07, 6.45) is 0. The van der Waals surface area contributed by atoms with Crippen LogP contribution in [0.3, 0.4) is 0 Å². The van der Waals surface area contributed by atoms with Gasteiger partial charge in [0.2, 0.25) is 5.79 Å². The summed E-state index contributed by atoms with van der Waals surface area (Å²) in [6, 6.07) is 4.55. The Morgan fingerprint density at radius 1 is 1.44 bits per heavy atom. The van der Waals surface area contributed by atoms with E-state index in [9.17, 15) is 4.39 Å². The third-order valence-corrected chi connectivity index (χ3v) is 2.60. The van der Waals surface area contributed by atoms with Gasteiger partial charge in [-0.15, -0.1) is 0 Å². The minimum absolute atomic E-state index is 0.0459. The highest BCUT2D eigenvalue weighted by atomic mass is 19.1. The first-order valence-corrected chi connectivity index (χ1v) is 5.04. The van der Waals surface area contributed by atoms with Gasteiger partial charge in [-0.2, -0.15) is 0 Å². The molecule has 2 N–H and O–H groups in total. The van der Waals surface area contributed by atoms with Gasteiger partial charge in [0.15, 0.2) is 0 Å². The van der Waals surface area contributed by atoms with E-state index in [1.807, 2.05) is 0 Å². The van der Waals surface area contributed by atoms with E-state index < -0.39 is 11.6 Å². The van der Waals surface area contributed by atoms with E-state index in [0.29, 0.717) is 19.0 Å². The van der Waals surface area contributed by atoms with Crippen molar-refractivity contribution in [1.29, 1.82) is 0 Å². The van der Waals surface area contributed by atoms with Crippen LogP contribution in [0.4, 0.5) is 4.39 Å². The Balaban J connectivity index is 2.52. The van der Waals surface area contributed by atoms with Crippen molar-refractivity contribution in [2.75, 3.05) is 26.9 Å². The Morgan fingerprint density at radius 3 is 2.69 bits per heavy atom. The summed E-state index contributed by atoms with van der Waals surface area (Å²) in [5.74, 6) is -1.27. The van der Waals surface area contributed by atoms with E-state index in [1.54, 1.807) is 12.1 Å². The van der Waals surface area contributed by atoms with E-state index >= 15 is 0 Å². The molecule has 0 amide bonds. The molecule has 1 fully saturated rings. The second-order valence-electron chi connectivity index (χ2n) is 3.47. The zero-order valence-electron chi connectivity index (χ0n) is 9.03. The molecule has 88 valence electrons. The zero-order chi connectivity index (χ0) is 11.6. The van der Waals surface area contributed by atoms with Crippen molar-refractivity contribution >= 4 is 0 Å². The largest absolute Gasteiger partial charge is 0.496 e. The van der Waals surface area contributed by atoms with Gasteiger partial charge in [0, 0.05) is 0 Å². The highest BCUT2D eigenvalue weighted by Gasteiger charge is 2.42. The molecule has 1 aliphatic rings. The number of benzene rings is 1. The van der Waals surface area contributed by atoms with Gasteiger partial charge in [-0.05, 0) is 12.1 Å². The lowest BCUT2D eigenvalue weighted by atomic mass is 10.0. The molecular weight excluding hydrogens is 213 g/mol. The van der Waals surface area contributed by atoms with Crippen LogP contribution in [-0.2, 0) is 15.3 Å². The molecule has 0 radical (unpaired) electrons. The predicted molar refractivity (Wildman–Crippen MR) is 55.6 cm³/mol. The topological polar surface area (TPSA) is 53.7 Å². The number of hydrogen-bond acceptors (Lipinski definition) is 4. The first-order valence-electron chi connectivity index (χ1n) is 5.04. The zero-order valence-corrected chi connectivity index (χ0v) is 9.03. The highest BCUT2D eigenvalue weighted by molar-refractivity contribution is 5.38. The second kappa shape index (κ2) is 4.37. The van der Waals surface area contributed by atoms with E-state index in [2.05, 4.69) is 0 Å². The van der Waals surface area contributed by atoms with Crippen molar-refractivity contribution in [3.63, 3.8) is 0 Å². The van der Waals surface area contributed by atoms with E-state index in [4.69, 9.17) is 19.9 Å². The Kier molecular flexibility index (Phi) is 3.09. The average molecular weight is 227 g/mol. The molecule has 2 rings (SSSR count). The van der Waals surface area contributed by atoms with Crippen LogP contribution in [0.2, 0.25) is 0 Å². The average Bonchev–Trinajstić information content (AvgIpc) is 2.78. The van der Waals surface area contributed by atoms with Gasteiger partial charge in [-0.1, -0.05) is 6.07 Å². The van der Waals surface area contributed by atoms with Gasteiger partial charge in [0.25, 0.3) is 0 Å². The quantitative estimate of drug-likeness (QED) is 0.836. The Bertz CT molecular complexity index is 377. The van der Waals surface area contributed by atoms with Gasteiger partial charge in [0.1, 0.15) is 11.6 Å². The molecule has 1 saturated heterocycles. The predicted octanol–water partition coefficient (Wildman–Crippen LogP) is 0.993. The molecular formula is C11H14FNO3. The lowest BCUT2D eigenvalue weighted by Gasteiger charge is -2.27. The molecule has 0 saturated carbocycles. The van der Waals surface area contributed by atoms with Crippen LogP contribution in [0.1, 0.15) is 5.56 Å². The molecule has 0 spiro atoms. The third-order valence-electron chi connectivity index (χ3n) is 2.60. The van der Waals surface area contributed by atoms with E-state index in [0.717, 1.165) is 0 Å². The molecule has 5 heteroatoms. The first kappa shape index (κ1) is 11.3. The van der Waals surface area contributed by atoms with Crippen molar-refractivity contribution in [2.24, 2.45) is 5.73 Å². The summed E-state index contributed by atoms with van der Waals surface area (Å²) in [4.78, 5) is 0. The number of halogens is 1. The fourth-order valence-corrected chi connectivity index (χ4v) is 1.86. The monoisotopic (exact) mass is 227 g/mol. The van der Waals surface area contributed by atoms with Crippen molar-refractivity contribution in [1.82, 2.24) is 0 Å². The van der Waals surface area contributed by atoms with Gasteiger partial charge in [-0.25, -0.2) is 4.39 Å². The summed E-state index contributed by atoms with van der Waals surface area (Å²) < 4.78 is 29.8. The van der Waals surface area contributed by atoms with Crippen molar-refractivity contribution in [3.8, 4) is 5.75 Å². The summed E-state index contributed by atoms with van der Waals surface area (Å²) in [6.45, 7) is 0.841. The molecule has 0 atom stereocenters. The summed E-state index contributed by atoms with van der Waals surface area (Å²) in [7, 11) is 1.47. The lowest BCUT2D eigenvalue weighted by molar-refractivity contribution is -0.159. The fourth-order valence-electron chi connectivity index (χ4n) is 1.86. The number of hydrogen-bond donors (Lipinski definition) is 1. The van der Waals surface area contributed by atoms with Crippen LogP contribution >= 0.6 is 0 Å². The van der Waals surface area contributed by atoms with Gasteiger partial charge in [-0.3, -0.25) is 0 Å². The smallest absolute Gasteiger partial charge is 0.214 e. The van der Waals surface area contributed by atoms with Crippen LogP contribution in [-0.4, -0.2) is 26.9 Å². The Hall–Kier alpha value is -1.17. The van der Waals surface area contributed by atoms with Gasteiger partial charge in [0.05, 0.1) is 32.4 Å². The number of rotatable bonds is 3. The second-order valence-corrected chi connectivity index (χ2v) is 3.47. The molecule has 0 unspecified atom stereocenters. The molecule has 1 aromatic carbocycles. The molecule has 0 aliphatic carbocycles. The fraction of sp³-hybridized carbons (Fsp3) is 0.455. The standard InChI is InChI=1S/C11H14FNO3/c1-14-9-4-2-3-8(12)10(9)11(7-13)15-5-6-16-11/h2-4H,5-7,13H2,1H3. The maximum absolute atomic E-state index is 13.8. The number of methoxy groups -OCH3 is 1. The maximum atomic E-state index is 13.8. The van der Waals surface area contributed by atoms with Gasteiger partial charge >= 0.3 is 0 Å². The highest BCUT2D eigenvalue weighted by Crippen LogP contribution is 2.38. The normalized spacial score (nSPS) is 18.7. The van der Waals surface area contributed by atoms with Crippen LogP contribution in [0.25, 0.3) is 0 Å². The van der Waals surface area contributed by atoms with E-state index in [1.165, 1.54) is 13.2 Å². The summed E-state index contributed by atoms with van der Waals surface area (Å²) in [5.41, 5.74) is 5.85. The van der Waals surface area contributed by atoms with Gasteiger partial charge < -0.3 is 19.9 Å². The molecule has 4 nitrogen and oxygen atoms in total. The lowest BCUT2D eigenvalue weighted by Crippen LogP contribution is -2.37. The van der Waals surface area contributed by atoms with Crippen LogP contribution in [0.5, 0.6) is 5.75 Å². The number of nitrogens with two attached hydrogens (primary N) is 1. The summed E-state index contributed by atoms with van der Waals surface area (Å²) >= 11 is 0. The number of ether oxygens (including phenoxy) is 3. The van der Waals surface area contributed by atoms with Crippen molar-refractivity contribution < 1.29 is 18.6 Å². The minimum atomic E-state index is -1.21. The maximum Gasteiger partial charge on any atom is 0.214 e. The van der Waals surface area contributed by atoms with Crippen molar-refractivity contribution in [3.05, 3.63) is 29.6 Å². The third kappa shape index (κ3) is 1.67. The van der Waals surface area contributed by atoms with Crippen LogP contribution < -0.4 is 10.5 Å². The molecule has 0 bridgehead atoms. The van der Waals surface area contributed by atoms with Crippen molar-refractivity contribution in [2.45, 2.75) is 5.79 Å². The molecule has 1 aromatic rings. The first-order chi connectivity index (χ1) is 7.73. The summed E-state index contributed by atoms with van der Waals surface area (Å²) in [5, 5.41) is 0.